The first-order chi connectivity index (χ1) is 13.2. The van der Waals surface area contributed by atoms with Crippen molar-refractivity contribution >= 4 is 11.6 Å². The van der Waals surface area contributed by atoms with Crippen molar-refractivity contribution in [3.63, 3.8) is 0 Å². The van der Waals surface area contributed by atoms with Gasteiger partial charge in [-0.05, 0) is 65.6 Å². The zero-order valence-electron chi connectivity index (χ0n) is 15.0. The zero-order chi connectivity index (χ0) is 18.6. The number of nitrogens with one attached hydrogen (secondary N) is 1. The first-order valence-electron chi connectivity index (χ1n) is 8.84. The third kappa shape index (κ3) is 3.77. The minimum absolute atomic E-state index is 0.0415. The zero-order valence-corrected chi connectivity index (χ0v) is 15.0. The normalized spacial score (nSPS) is 15.4. The number of rotatable bonds is 4. The van der Waals surface area contributed by atoms with Gasteiger partial charge in [0, 0.05) is 18.1 Å². The molecular formula is C22H20N2O3. The van der Waals surface area contributed by atoms with Crippen LogP contribution in [-0.4, -0.2) is 24.6 Å². The van der Waals surface area contributed by atoms with Crippen LogP contribution in [0.3, 0.4) is 0 Å². The van der Waals surface area contributed by atoms with Crippen LogP contribution in [0.2, 0.25) is 0 Å². The monoisotopic (exact) mass is 360 g/mol. The third-order valence-corrected chi connectivity index (χ3v) is 4.71. The van der Waals surface area contributed by atoms with E-state index in [9.17, 15) is 4.79 Å². The van der Waals surface area contributed by atoms with E-state index in [1.165, 1.54) is 0 Å². The number of amides is 1. The summed E-state index contributed by atoms with van der Waals surface area (Å²) in [5.41, 5.74) is 3.94. The Bertz CT molecular complexity index is 940. The van der Waals surface area contributed by atoms with Crippen molar-refractivity contribution in [2.24, 2.45) is 5.92 Å². The standard InChI is InChI=1S/C22H20N2O3/c1-26-20-6-7-21-17(13-20)12-18(14-27-21)22(25)24-19-4-2-15(3-5-19)16-8-10-23-11-9-16/h2-11,13,18H,12,14H2,1H3,(H,24,25)/t18-/m0/s1. The van der Waals surface area contributed by atoms with Crippen molar-refractivity contribution in [3.8, 4) is 22.6 Å². The molecule has 0 saturated heterocycles. The van der Waals surface area contributed by atoms with Gasteiger partial charge in [0.05, 0.1) is 13.0 Å². The molecule has 0 bridgehead atoms. The van der Waals surface area contributed by atoms with Gasteiger partial charge in [0.2, 0.25) is 5.91 Å². The van der Waals surface area contributed by atoms with E-state index in [0.717, 1.165) is 33.9 Å². The van der Waals surface area contributed by atoms with Crippen LogP contribution in [-0.2, 0) is 11.2 Å². The molecule has 5 nitrogen and oxygen atoms in total. The number of nitrogens with zero attached hydrogens (tertiary/aromatic N) is 1. The summed E-state index contributed by atoms with van der Waals surface area (Å²) < 4.78 is 11.0. The van der Waals surface area contributed by atoms with Gasteiger partial charge in [-0.15, -0.1) is 0 Å². The summed E-state index contributed by atoms with van der Waals surface area (Å²) >= 11 is 0. The minimum atomic E-state index is -0.232. The highest BCUT2D eigenvalue weighted by Gasteiger charge is 2.26. The first-order valence-corrected chi connectivity index (χ1v) is 8.84. The van der Waals surface area contributed by atoms with E-state index in [4.69, 9.17) is 9.47 Å². The van der Waals surface area contributed by atoms with E-state index >= 15 is 0 Å². The molecule has 0 aliphatic carbocycles. The number of benzene rings is 2. The molecule has 0 radical (unpaired) electrons. The first kappa shape index (κ1) is 17.1. The van der Waals surface area contributed by atoms with E-state index in [1.54, 1.807) is 19.5 Å². The summed E-state index contributed by atoms with van der Waals surface area (Å²) in [5, 5.41) is 2.99. The number of fused-ring (bicyclic) bond motifs is 1. The number of hydrogen-bond acceptors (Lipinski definition) is 4. The highest BCUT2D eigenvalue weighted by Crippen LogP contribution is 2.31. The number of carbonyl (C=O) groups is 1. The molecule has 27 heavy (non-hydrogen) atoms. The molecule has 1 aromatic heterocycles. The Kier molecular flexibility index (Phi) is 4.75. The lowest BCUT2D eigenvalue weighted by atomic mass is 9.95. The maximum Gasteiger partial charge on any atom is 0.231 e. The fraction of sp³-hybridized carbons (Fsp3) is 0.182. The molecule has 1 atom stereocenters. The van der Waals surface area contributed by atoms with Crippen LogP contribution in [0.5, 0.6) is 11.5 Å². The molecule has 0 spiro atoms. The number of hydrogen-bond donors (Lipinski definition) is 1. The smallest absolute Gasteiger partial charge is 0.231 e. The summed E-state index contributed by atoms with van der Waals surface area (Å²) in [6, 6.07) is 17.4. The summed E-state index contributed by atoms with van der Waals surface area (Å²) in [7, 11) is 1.63. The Morgan fingerprint density at radius 2 is 1.81 bits per heavy atom. The van der Waals surface area contributed by atoms with Gasteiger partial charge < -0.3 is 14.8 Å². The van der Waals surface area contributed by atoms with Crippen LogP contribution in [0.1, 0.15) is 5.56 Å². The van der Waals surface area contributed by atoms with Gasteiger partial charge in [0.1, 0.15) is 18.1 Å². The predicted molar refractivity (Wildman–Crippen MR) is 104 cm³/mol. The molecule has 0 saturated carbocycles. The van der Waals surface area contributed by atoms with E-state index < -0.39 is 0 Å². The quantitative estimate of drug-likeness (QED) is 0.765. The maximum absolute atomic E-state index is 12.7. The van der Waals surface area contributed by atoms with Gasteiger partial charge in [0.15, 0.2) is 0 Å². The fourth-order valence-corrected chi connectivity index (χ4v) is 3.20. The molecule has 1 aliphatic rings. The fourth-order valence-electron chi connectivity index (χ4n) is 3.20. The Morgan fingerprint density at radius 1 is 1.07 bits per heavy atom. The van der Waals surface area contributed by atoms with Crippen molar-refractivity contribution in [3.05, 3.63) is 72.6 Å². The number of anilines is 1. The summed E-state index contributed by atoms with van der Waals surface area (Å²) in [5.74, 6) is 1.32. The molecular weight excluding hydrogens is 340 g/mol. The van der Waals surface area contributed by atoms with Gasteiger partial charge in [-0.25, -0.2) is 0 Å². The van der Waals surface area contributed by atoms with Crippen LogP contribution in [0.15, 0.2) is 67.0 Å². The van der Waals surface area contributed by atoms with E-state index in [0.29, 0.717) is 13.0 Å². The Balaban J connectivity index is 1.43. The molecule has 2 aromatic carbocycles. The summed E-state index contributed by atoms with van der Waals surface area (Å²) in [4.78, 5) is 16.7. The lowest BCUT2D eigenvalue weighted by Gasteiger charge is -2.25. The number of aromatic nitrogens is 1. The number of pyridine rings is 1. The van der Waals surface area contributed by atoms with Gasteiger partial charge >= 0.3 is 0 Å². The highest BCUT2D eigenvalue weighted by atomic mass is 16.5. The van der Waals surface area contributed by atoms with E-state index in [2.05, 4.69) is 10.3 Å². The summed E-state index contributed by atoms with van der Waals surface area (Å²) in [6.07, 6.45) is 4.16. The van der Waals surface area contributed by atoms with E-state index in [1.807, 2.05) is 54.6 Å². The van der Waals surface area contributed by atoms with Crippen molar-refractivity contribution < 1.29 is 14.3 Å². The van der Waals surface area contributed by atoms with Gasteiger partial charge in [0.25, 0.3) is 0 Å². The topological polar surface area (TPSA) is 60.5 Å². The second kappa shape index (κ2) is 7.50. The number of carbonyl (C=O) groups excluding carboxylic acids is 1. The molecule has 0 fully saturated rings. The number of methoxy groups -OCH3 is 1. The molecule has 0 unspecified atom stereocenters. The summed E-state index contributed by atoms with van der Waals surface area (Å²) in [6.45, 7) is 0.375. The Labute approximate surface area is 158 Å². The Morgan fingerprint density at radius 3 is 2.56 bits per heavy atom. The van der Waals surface area contributed by atoms with Crippen LogP contribution in [0, 0.1) is 5.92 Å². The second-order valence-electron chi connectivity index (χ2n) is 6.49. The highest BCUT2D eigenvalue weighted by molar-refractivity contribution is 5.93. The van der Waals surface area contributed by atoms with Crippen molar-refractivity contribution in [2.45, 2.75) is 6.42 Å². The molecule has 136 valence electrons. The lowest BCUT2D eigenvalue weighted by Crippen LogP contribution is -2.32. The molecule has 4 rings (SSSR count). The Hall–Kier alpha value is -3.34. The van der Waals surface area contributed by atoms with Crippen molar-refractivity contribution in [1.29, 1.82) is 0 Å². The van der Waals surface area contributed by atoms with Crippen LogP contribution >= 0.6 is 0 Å². The van der Waals surface area contributed by atoms with Crippen molar-refractivity contribution in [2.75, 3.05) is 19.0 Å². The van der Waals surface area contributed by atoms with Crippen LogP contribution in [0.25, 0.3) is 11.1 Å². The molecule has 3 aromatic rings. The maximum atomic E-state index is 12.7. The van der Waals surface area contributed by atoms with Gasteiger partial charge in [-0.1, -0.05) is 12.1 Å². The third-order valence-electron chi connectivity index (χ3n) is 4.71. The predicted octanol–water partition coefficient (Wildman–Crippen LogP) is 3.95. The van der Waals surface area contributed by atoms with Crippen LogP contribution < -0.4 is 14.8 Å². The SMILES string of the molecule is COc1ccc2c(c1)C[C@H](C(=O)Nc1ccc(-c3ccncc3)cc1)CO2. The molecule has 1 aliphatic heterocycles. The molecule has 5 heteroatoms. The molecule has 1 amide bonds. The number of ether oxygens (including phenoxy) is 2. The van der Waals surface area contributed by atoms with Gasteiger partial charge in [-0.3, -0.25) is 9.78 Å². The molecule has 2 heterocycles. The molecule has 1 N–H and O–H groups in total. The van der Waals surface area contributed by atoms with Crippen LogP contribution in [0.4, 0.5) is 5.69 Å². The average Bonchev–Trinajstić information content (AvgIpc) is 2.74. The minimum Gasteiger partial charge on any atom is -0.497 e. The lowest BCUT2D eigenvalue weighted by molar-refractivity contribution is -0.121. The van der Waals surface area contributed by atoms with Gasteiger partial charge in [-0.2, -0.15) is 0 Å². The largest absolute Gasteiger partial charge is 0.497 e. The second-order valence-corrected chi connectivity index (χ2v) is 6.49. The average molecular weight is 360 g/mol. The van der Waals surface area contributed by atoms with E-state index in [-0.39, 0.29) is 11.8 Å². The van der Waals surface area contributed by atoms with Crippen molar-refractivity contribution in [1.82, 2.24) is 4.98 Å².